The van der Waals surface area contributed by atoms with Crippen molar-refractivity contribution >= 4 is 15.8 Å². The minimum atomic E-state index is -3.36. The molecule has 0 aromatic heterocycles. The average Bonchev–Trinajstić information content (AvgIpc) is 2.81. The van der Waals surface area contributed by atoms with Crippen LogP contribution in [0.5, 0.6) is 0 Å². The van der Waals surface area contributed by atoms with Gasteiger partial charge in [0.25, 0.3) is 0 Å². The molecule has 33 heavy (non-hydrogen) atoms. The van der Waals surface area contributed by atoms with Crippen molar-refractivity contribution in [3.8, 4) is 0 Å². The fourth-order valence-electron chi connectivity index (χ4n) is 6.91. The molecule has 4 aliphatic carbocycles. The first-order valence-electron chi connectivity index (χ1n) is 12.1. The van der Waals surface area contributed by atoms with Crippen LogP contribution >= 0.6 is 0 Å². The van der Waals surface area contributed by atoms with Crippen molar-refractivity contribution < 1.29 is 17.9 Å². The van der Waals surface area contributed by atoms with Gasteiger partial charge in [0, 0.05) is 11.8 Å². The Morgan fingerprint density at radius 2 is 1.42 bits per heavy atom. The number of carbonyl (C=O) groups excluding carboxylic acids is 1. The summed E-state index contributed by atoms with van der Waals surface area (Å²) < 4.78 is 31.4. The van der Waals surface area contributed by atoms with Crippen molar-refractivity contribution in [3.05, 3.63) is 78.4 Å². The molecule has 4 bridgehead atoms. The maximum absolute atomic E-state index is 13.0. The molecule has 0 spiro atoms. The van der Waals surface area contributed by atoms with Gasteiger partial charge in [0.15, 0.2) is 9.84 Å². The van der Waals surface area contributed by atoms with Crippen LogP contribution in [0.2, 0.25) is 0 Å². The Morgan fingerprint density at radius 1 is 0.879 bits per heavy atom. The highest BCUT2D eigenvalue weighted by Gasteiger charge is 2.55. The molecule has 174 valence electrons. The van der Waals surface area contributed by atoms with Gasteiger partial charge in [-0.3, -0.25) is 0 Å². The van der Waals surface area contributed by atoms with Crippen LogP contribution in [-0.4, -0.2) is 26.2 Å². The van der Waals surface area contributed by atoms with E-state index < -0.39 is 9.84 Å². The average molecular weight is 465 g/mol. The minimum absolute atomic E-state index is 0.0296. The van der Waals surface area contributed by atoms with Crippen LogP contribution in [0.25, 0.3) is 0 Å². The molecule has 4 aliphatic rings. The maximum Gasteiger partial charge on any atom is 0.338 e. The van der Waals surface area contributed by atoms with Crippen LogP contribution in [-0.2, 0) is 14.6 Å². The molecule has 1 unspecified atom stereocenters. The van der Waals surface area contributed by atoms with Crippen molar-refractivity contribution in [2.45, 2.75) is 55.9 Å². The maximum atomic E-state index is 13.0. The number of rotatable bonds is 8. The van der Waals surface area contributed by atoms with Crippen molar-refractivity contribution in [3.63, 3.8) is 0 Å². The molecular formula is C28H32O4S. The lowest BCUT2D eigenvalue weighted by molar-refractivity contribution is -0.123. The zero-order valence-corrected chi connectivity index (χ0v) is 19.8. The Labute approximate surface area is 197 Å². The second-order valence-electron chi connectivity index (χ2n) is 10.3. The van der Waals surface area contributed by atoms with Gasteiger partial charge >= 0.3 is 5.97 Å². The van der Waals surface area contributed by atoms with E-state index in [2.05, 4.69) is 0 Å². The highest BCUT2D eigenvalue weighted by molar-refractivity contribution is 7.91. The van der Waals surface area contributed by atoms with E-state index in [1.807, 2.05) is 30.3 Å². The molecule has 5 heteroatoms. The Kier molecular flexibility index (Phi) is 6.17. The summed E-state index contributed by atoms with van der Waals surface area (Å²) in [6, 6.07) is 17.7. The van der Waals surface area contributed by atoms with Gasteiger partial charge < -0.3 is 4.74 Å². The Bertz CT molecular complexity index is 1070. The van der Waals surface area contributed by atoms with Gasteiger partial charge in [-0.2, -0.15) is 0 Å². The summed E-state index contributed by atoms with van der Waals surface area (Å²) in [6.45, 7) is 0. The van der Waals surface area contributed by atoms with Crippen molar-refractivity contribution in [2.75, 3.05) is 5.75 Å². The number of carbonyl (C=O) groups is 1. The van der Waals surface area contributed by atoms with Gasteiger partial charge in [-0.05, 0) is 80.5 Å². The summed E-state index contributed by atoms with van der Waals surface area (Å²) in [4.78, 5) is 13.3. The second-order valence-corrected chi connectivity index (χ2v) is 12.4. The van der Waals surface area contributed by atoms with E-state index in [4.69, 9.17) is 4.74 Å². The molecule has 2 aromatic carbocycles. The lowest BCUT2D eigenvalue weighted by Gasteiger charge is -2.58. The number of esters is 1. The van der Waals surface area contributed by atoms with E-state index in [1.165, 1.54) is 19.3 Å². The smallest absolute Gasteiger partial charge is 0.338 e. The van der Waals surface area contributed by atoms with Crippen LogP contribution in [0.1, 0.15) is 55.3 Å². The zero-order chi connectivity index (χ0) is 22.9. The fraction of sp³-hybridized carbons (Fsp3) is 0.464. The predicted molar refractivity (Wildman–Crippen MR) is 129 cm³/mol. The van der Waals surface area contributed by atoms with Crippen molar-refractivity contribution in [1.82, 2.24) is 0 Å². The summed E-state index contributed by atoms with van der Waals surface area (Å²) in [7, 11) is -3.36. The van der Waals surface area contributed by atoms with Gasteiger partial charge in [0.1, 0.15) is 6.10 Å². The normalized spacial score (nSPS) is 29.3. The number of benzene rings is 2. The number of hydrogen-bond acceptors (Lipinski definition) is 4. The number of hydrogen-bond donors (Lipinski definition) is 0. The molecule has 4 nitrogen and oxygen atoms in total. The summed E-state index contributed by atoms with van der Waals surface area (Å²) in [6.07, 6.45) is 11.3. The van der Waals surface area contributed by atoms with Crippen LogP contribution in [0.4, 0.5) is 0 Å². The monoisotopic (exact) mass is 464 g/mol. The zero-order valence-electron chi connectivity index (χ0n) is 18.9. The minimum Gasteiger partial charge on any atom is -0.458 e. The van der Waals surface area contributed by atoms with Gasteiger partial charge in [-0.1, -0.05) is 48.6 Å². The Morgan fingerprint density at radius 3 is 2.00 bits per heavy atom. The van der Waals surface area contributed by atoms with Crippen LogP contribution in [0.3, 0.4) is 0 Å². The van der Waals surface area contributed by atoms with E-state index in [0.717, 1.165) is 37.0 Å². The first-order chi connectivity index (χ1) is 15.9. The quantitative estimate of drug-likeness (QED) is 0.363. The Hall–Kier alpha value is -2.40. The topological polar surface area (TPSA) is 60.4 Å². The van der Waals surface area contributed by atoms with E-state index in [0.29, 0.717) is 16.9 Å². The SMILES string of the molecule is O=C(OC(C/C=C/CS(=O)(=O)c1ccccc1)C12CC3CC(CC(C3)C1)C2)c1ccccc1. The molecule has 2 aromatic rings. The molecule has 0 amide bonds. The summed E-state index contributed by atoms with van der Waals surface area (Å²) in [5.41, 5.74) is 0.602. The molecule has 4 fully saturated rings. The summed E-state index contributed by atoms with van der Waals surface area (Å²) in [5.74, 6) is 1.92. The molecule has 0 heterocycles. The lowest BCUT2D eigenvalue weighted by atomic mass is 9.48. The highest BCUT2D eigenvalue weighted by atomic mass is 32.2. The number of ether oxygens (including phenoxy) is 1. The molecule has 1 atom stereocenters. The predicted octanol–water partition coefficient (Wildman–Crippen LogP) is 5.85. The molecular weight excluding hydrogens is 432 g/mol. The highest BCUT2D eigenvalue weighted by Crippen LogP contribution is 2.62. The largest absolute Gasteiger partial charge is 0.458 e. The summed E-state index contributed by atoms with van der Waals surface area (Å²) in [5, 5.41) is 0. The Balaban J connectivity index is 1.33. The van der Waals surface area contributed by atoms with Gasteiger partial charge in [-0.15, -0.1) is 0 Å². The number of sulfone groups is 1. The molecule has 6 rings (SSSR count). The standard InChI is InChI=1S/C28H32O4S/c29-27(24-9-3-1-4-10-24)32-26(28-18-21-15-22(19-28)17-23(16-21)20-28)13-7-8-14-33(30,31)25-11-5-2-6-12-25/h1-12,21-23,26H,13-20H2/b8-7+. The molecule has 0 saturated heterocycles. The third kappa shape index (κ3) is 4.79. The van der Waals surface area contributed by atoms with E-state index in [1.54, 1.807) is 42.5 Å². The van der Waals surface area contributed by atoms with Crippen LogP contribution in [0.15, 0.2) is 77.7 Å². The van der Waals surface area contributed by atoms with Gasteiger partial charge in [0.2, 0.25) is 0 Å². The van der Waals surface area contributed by atoms with Crippen LogP contribution in [0, 0.1) is 23.2 Å². The van der Waals surface area contributed by atoms with Gasteiger partial charge in [0.05, 0.1) is 16.2 Å². The van der Waals surface area contributed by atoms with Crippen molar-refractivity contribution in [1.29, 1.82) is 0 Å². The van der Waals surface area contributed by atoms with Crippen LogP contribution < -0.4 is 0 Å². The van der Waals surface area contributed by atoms with E-state index in [-0.39, 0.29) is 23.2 Å². The lowest BCUT2D eigenvalue weighted by Crippen LogP contribution is -2.52. The van der Waals surface area contributed by atoms with E-state index >= 15 is 0 Å². The van der Waals surface area contributed by atoms with Gasteiger partial charge in [-0.25, -0.2) is 13.2 Å². The van der Waals surface area contributed by atoms with Crippen molar-refractivity contribution in [2.24, 2.45) is 23.2 Å². The first kappa shape index (κ1) is 22.4. The second kappa shape index (κ2) is 9.09. The fourth-order valence-corrected chi connectivity index (χ4v) is 8.06. The molecule has 4 saturated carbocycles. The third-order valence-corrected chi connectivity index (χ3v) is 9.58. The molecule has 0 aliphatic heterocycles. The third-order valence-electron chi connectivity index (χ3n) is 7.96. The first-order valence-corrected chi connectivity index (χ1v) is 13.8. The van der Waals surface area contributed by atoms with E-state index in [9.17, 15) is 13.2 Å². The molecule has 0 radical (unpaired) electrons. The molecule has 0 N–H and O–H groups in total. The summed E-state index contributed by atoms with van der Waals surface area (Å²) >= 11 is 0.